The van der Waals surface area contributed by atoms with Gasteiger partial charge in [-0.05, 0) is 107 Å². The number of hydrogen-bond acceptors (Lipinski definition) is 5. The van der Waals surface area contributed by atoms with Crippen LogP contribution in [0.2, 0.25) is 0 Å². The normalized spacial score (nSPS) is 24.9. The minimum atomic E-state index is -0.760. The van der Waals surface area contributed by atoms with Gasteiger partial charge in [0.1, 0.15) is 5.78 Å². The van der Waals surface area contributed by atoms with Crippen LogP contribution in [-0.2, 0) is 36.8 Å². The number of hydrogen-bond donors (Lipinski definition) is 1. The number of likely N-dealkylation sites (tertiary alicyclic amines) is 1. The molecule has 1 N–H and O–H groups in total. The summed E-state index contributed by atoms with van der Waals surface area (Å²) in [5.41, 5.74) is 4.94. The molecule has 4 atom stereocenters. The molecule has 51 heavy (non-hydrogen) atoms. The molecule has 2 aliphatic heterocycles. The van der Waals surface area contributed by atoms with Crippen LogP contribution in [-0.4, -0.2) is 42.4 Å². The van der Waals surface area contributed by atoms with Crippen LogP contribution < -0.4 is 15.9 Å². The molecule has 3 aromatic rings. The Morgan fingerprint density at radius 3 is 2.10 bits per heavy atom. The maximum absolute atomic E-state index is 13.3. The van der Waals surface area contributed by atoms with Gasteiger partial charge in [0.2, 0.25) is 0 Å². The van der Waals surface area contributed by atoms with Gasteiger partial charge in [-0.3, -0.25) is 9.69 Å². The van der Waals surface area contributed by atoms with E-state index in [0.29, 0.717) is 24.8 Å². The van der Waals surface area contributed by atoms with Gasteiger partial charge in [0.25, 0.3) is 0 Å². The summed E-state index contributed by atoms with van der Waals surface area (Å²) in [5.74, 6) is 1.29. The van der Waals surface area contributed by atoms with Crippen LogP contribution in [0.15, 0.2) is 96.2 Å². The minimum Gasteiger partial charge on any atom is -0.466 e. The number of para-hydroxylation sites is 1. The smallest absolute Gasteiger partial charge is 0.466 e. The van der Waals surface area contributed by atoms with E-state index >= 15 is 0 Å². The number of esters is 1. The third kappa shape index (κ3) is 7.28. The van der Waals surface area contributed by atoms with Crippen molar-refractivity contribution in [3.63, 3.8) is 0 Å². The van der Waals surface area contributed by atoms with E-state index in [2.05, 4.69) is 115 Å². The Labute approximate surface area is 317 Å². The Morgan fingerprint density at radius 2 is 1.49 bits per heavy atom. The number of ketones is 1. The minimum absolute atomic E-state index is 0. The molecule has 3 aliphatic carbocycles. The van der Waals surface area contributed by atoms with Crippen molar-refractivity contribution in [3.8, 4) is 0 Å². The Hall–Kier alpha value is -2.75. The molecule has 10 radical (unpaired) electrons. The molecule has 8 rings (SSSR count). The summed E-state index contributed by atoms with van der Waals surface area (Å²) in [6.45, 7) is 5.15. The van der Waals surface area contributed by atoms with Crippen molar-refractivity contribution in [2.45, 2.75) is 57.0 Å². The monoisotopic (exact) mass is 736 g/mol. The number of ether oxygens (including phenoxy) is 1. The molecular weight excluding hydrogens is 691 g/mol. The van der Waals surface area contributed by atoms with Crippen molar-refractivity contribution in [3.05, 3.63) is 165 Å². The molecule has 2 heterocycles. The van der Waals surface area contributed by atoms with Gasteiger partial charge in [-0.2, -0.15) is 0 Å². The summed E-state index contributed by atoms with van der Waals surface area (Å²) in [6.07, 6.45) is 19.2. The predicted molar refractivity (Wildman–Crippen MR) is 203 cm³/mol. The molecule has 260 valence electrons. The summed E-state index contributed by atoms with van der Waals surface area (Å²) in [4.78, 5) is 29.1. The molecule has 1 spiro atoms. The third-order valence-electron chi connectivity index (χ3n) is 10.9. The first-order valence-electron chi connectivity index (χ1n) is 17.8. The molecular formula is C44H45FeN2O3P+2. The van der Waals surface area contributed by atoms with Crippen LogP contribution in [0.5, 0.6) is 0 Å². The van der Waals surface area contributed by atoms with E-state index in [0.717, 1.165) is 24.4 Å². The molecule has 0 unspecified atom stereocenters. The molecule has 0 aromatic heterocycles. The number of anilines is 1. The zero-order valence-electron chi connectivity index (χ0n) is 29.4. The first-order valence-corrected chi connectivity index (χ1v) is 19.1. The van der Waals surface area contributed by atoms with Crippen LogP contribution in [0.1, 0.15) is 45.1 Å². The van der Waals surface area contributed by atoms with Gasteiger partial charge < -0.3 is 10.1 Å². The fraction of sp³-hybridized carbons (Fsp3) is 0.273. The number of benzene rings is 3. The van der Waals surface area contributed by atoms with Gasteiger partial charge >= 0.3 is 23.0 Å². The number of Topliss-reactive ketones (excluding diaryl/α,β-unsaturated/α-hetero) is 1. The Morgan fingerprint density at radius 1 is 0.882 bits per heavy atom. The van der Waals surface area contributed by atoms with E-state index < -0.39 is 13.3 Å². The molecule has 5 nitrogen and oxygen atoms in total. The molecule has 0 amide bonds. The summed E-state index contributed by atoms with van der Waals surface area (Å²) in [6, 6.07) is 30.4. The zero-order chi connectivity index (χ0) is 34.7. The average molecular weight is 737 g/mol. The summed E-state index contributed by atoms with van der Waals surface area (Å²) < 4.78 is 5.35. The van der Waals surface area contributed by atoms with E-state index in [-0.39, 0.29) is 46.8 Å². The summed E-state index contributed by atoms with van der Waals surface area (Å²) >= 11 is 0. The predicted octanol–water partition coefficient (Wildman–Crippen LogP) is 7.51. The second-order valence-electron chi connectivity index (χ2n) is 13.5. The molecule has 3 fully saturated rings. The Balaban J connectivity index is 0.000000689. The first kappa shape index (κ1) is 38.0. The summed E-state index contributed by atoms with van der Waals surface area (Å²) in [5, 5.41) is 6.36. The topological polar surface area (TPSA) is 58.6 Å². The number of nitrogens with one attached hydrogen (secondary N) is 1. The third-order valence-corrected chi connectivity index (χ3v) is 13.4. The van der Waals surface area contributed by atoms with Crippen LogP contribution in [0.25, 0.3) is 0 Å². The van der Waals surface area contributed by atoms with Crippen LogP contribution in [0.4, 0.5) is 5.69 Å². The van der Waals surface area contributed by atoms with Gasteiger partial charge in [-0.1, -0.05) is 85.8 Å². The number of carbonyl (C=O) groups excluding carboxylic acids is 2. The van der Waals surface area contributed by atoms with E-state index in [1.807, 2.05) is 45.1 Å². The molecule has 1 saturated heterocycles. The van der Waals surface area contributed by atoms with Crippen molar-refractivity contribution in [2.75, 3.05) is 19.0 Å². The van der Waals surface area contributed by atoms with Crippen LogP contribution in [0, 0.1) is 68.9 Å². The first-order chi connectivity index (χ1) is 24.5. The number of rotatable bonds is 9. The summed E-state index contributed by atoms with van der Waals surface area (Å²) in [7, 11) is 0.699. The number of carbonyl (C=O) groups is 2. The second kappa shape index (κ2) is 16.9. The van der Waals surface area contributed by atoms with Crippen molar-refractivity contribution in [1.29, 1.82) is 0 Å². The molecule has 5 aliphatic rings. The van der Waals surface area contributed by atoms with Gasteiger partial charge in [0.15, 0.2) is 0 Å². The average Bonchev–Trinajstić information content (AvgIpc) is 4.00. The van der Waals surface area contributed by atoms with Crippen molar-refractivity contribution < 1.29 is 31.4 Å². The van der Waals surface area contributed by atoms with Gasteiger partial charge in [0.05, 0.1) is 18.1 Å². The fourth-order valence-electron chi connectivity index (χ4n) is 8.72. The fourth-order valence-corrected chi connectivity index (χ4v) is 11.3. The van der Waals surface area contributed by atoms with E-state index in [1.54, 1.807) is 0 Å². The van der Waals surface area contributed by atoms with Crippen LogP contribution >= 0.6 is 7.92 Å². The van der Waals surface area contributed by atoms with Gasteiger partial charge in [-0.25, -0.2) is 4.79 Å². The van der Waals surface area contributed by atoms with Crippen molar-refractivity contribution in [1.82, 2.24) is 4.90 Å². The van der Waals surface area contributed by atoms with Crippen molar-refractivity contribution in [2.24, 2.45) is 5.92 Å². The largest absolute Gasteiger partial charge is 2.00 e. The SMILES string of the molecule is CCC(=O)C[C@@H]1CC(C(=O)OC)=C2Nc3ccccc3[C@@]23CCN([C@H](C)[C]2[CH][CH][CH][C]2P(c2ccccc2)c2ccccc2)[C@@H]13.[CH]1[CH][CH][CH][CH]1.[Fe+2]. The van der Waals surface area contributed by atoms with Crippen LogP contribution in [0.3, 0.4) is 0 Å². The number of fused-ring (bicyclic) bond motifs is 1. The second-order valence-corrected chi connectivity index (χ2v) is 15.7. The van der Waals surface area contributed by atoms with Crippen molar-refractivity contribution >= 4 is 36.0 Å². The Kier molecular flexibility index (Phi) is 12.6. The van der Waals surface area contributed by atoms with E-state index in [1.165, 1.54) is 34.9 Å². The zero-order valence-corrected chi connectivity index (χ0v) is 31.4. The molecule has 0 bridgehead atoms. The quantitative estimate of drug-likeness (QED) is 0.140. The molecule has 7 heteroatoms. The van der Waals surface area contributed by atoms with Gasteiger partial charge in [-0.15, -0.1) is 0 Å². The van der Waals surface area contributed by atoms with Gasteiger partial charge in [0, 0.05) is 54.4 Å². The molecule has 3 aromatic carbocycles. The maximum atomic E-state index is 13.3. The molecule has 2 saturated carbocycles. The van der Waals surface area contributed by atoms with E-state index in [9.17, 15) is 9.59 Å². The van der Waals surface area contributed by atoms with E-state index in [4.69, 9.17) is 4.74 Å². The standard InChI is InChI=1S/C39H40N2O3P.C5H5.Fe/c1-4-28(42)24-27-25-32(38(43)44-3)36-39(33-19-11-12-20-34(33)40-36)22-23-41(37(27)39)26(2)31-18-13-21-35(31)45(29-14-7-5-8-15-29)30-16-9-6-10-17-30;1-2-4-5-3-1;/h5-21,26-27,37,40H,4,22-25H2,1-3H3;1-5H;/q;;+2/t26-,27-,37+,39+;;/m1../s1. The Bertz CT molecular complexity index is 1630. The number of nitrogens with zero attached hydrogens (tertiary/aromatic N) is 1. The maximum Gasteiger partial charge on any atom is 2.00 e. The number of methoxy groups -OCH3 is 1.